The molecule has 0 radical (unpaired) electrons. The minimum absolute atomic E-state index is 0.251. The first kappa shape index (κ1) is 14.2. The number of benzene rings is 1. The Bertz CT molecular complexity index is 423. The molecule has 106 valence electrons. The zero-order valence-electron chi connectivity index (χ0n) is 12.3. The second-order valence-electron chi connectivity index (χ2n) is 5.02. The van der Waals surface area contributed by atoms with Crippen molar-refractivity contribution in [3.05, 3.63) is 23.8 Å². The lowest BCUT2D eigenvalue weighted by Gasteiger charge is -2.37. The van der Waals surface area contributed by atoms with Crippen LogP contribution in [0.5, 0.6) is 5.75 Å². The summed E-state index contributed by atoms with van der Waals surface area (Å²) in [5, 5.41) is 3.31. The van der Waals surface area contributed by atoms with Gasteiger partial charge in [-0.1, -0.05) is 6.07 Å². The van der Waals surface area contributed by atoms with Crippen LogP contribution in [0.3, 0.4) is 0 Å². The summed E-state index contributed by atoms with van der Waals surface area (Å²) in [5.74, 6) is 0.943. The van der Waals surface area contributed by atoms with E-state index in [0.29, 0.717) is 6.04 Å². The molecular weight excluding hydrogens is 240 g/mol. The largest absolute Gasteiger partial charge is 0.496 e. The molecule has 2 unspecified atom stereocenters. The number of rotatable bonds is 4. The third kappa shape index (κ3) is 2.85. The van der Waals surface area contributed by atoms with Gasteiger partial charge in [0.25, 0.3) is 0 Å². The summed E-state index contributed by atoms with van der Waals surface area (Å²) in [7, 11) is 3.71. The molecule has 0 bridgehead atoms. The van der Waals surface area contributed by atoms with Crippen LogP contribution in [-0.4, -0.2) is 40.0 Å². The highest BCUT2D eigenvalue weighted by Crippen LogP contribution is 2.35. The van der Waals surface area contributed by atoms with E-state index in [4.69, 9.17) is 9.47 Å². The van der Waals surface area contributed by atoms with Gasteiger partial charge in [-0.3, -0.25) is 0 Å². The molecule has 0 saturated carbocycles. The van der Waals surface area contributed by atoms with E-state index < -0.39 is 0 Å². The van der Waals surface area contributed by atoms with Crippen LogP contribution < -0.4 is 15.0 Å². The summed E-state index contributed by atoms with van der Waals surface area (Å²) in [6, 6.07) is 6.90. The minimum atomic E-state index is 0.251. The molecule has 1 aliphatic rings. The van der Waals surface area contributed by atoms with Gasteiger partial charge in [0, 0.05) is 29.9 Å². The molecule has 4 nitrogen and oxygen atoms in total. The number of hydrogen-bond donors (Lipinski definition) is 1. The predicted octanol–water partition coefficient (Wildman–Crippen LogP) is 2.20. The summed E-state index contributed by atoms with van der Waals surface area (Å²) < 4.78 is 11.1. The Morgan fingerprint density at radius 3 is 2.89 bits per heavy atom. The zero-order valence-corrected chi connectivity index (χ0v) is 12.3. The van der Waals surface area contributed by atoms with Crippen LogP contribution in [0.15, 0.2) is 18.2 Å². The number of nitrogens with one attached hydrogen (secondary N) is 1. The lowest BCUT2D eigenvalue weighted by Crippen LogP contribution is -2.44. The lowest BCUT2D eigenvalue weighted by atomic mass is 10.0. The number of anilines is 1. The normalized spacial score (nSPS) is 21.3. The zero-order chi connectivity index (χ0) is 13.8. The van der Waals surface area contributed by atoms with Crippen molar-refractivity contribution in [3.8, 4) is 5.75 Å². The average molecular weight is 264 g/mol. The molecule has 1 saturated heterocycles. The van der Waals surface area contributed by atoms with Gasteiger partial charge in [0.15, 0.2) is 0 Å². The molecule has 1 fully saturated rings. The van der Waals surface area contributed by atoms with Crippen molar-refractivity contribution in [2.45, 2.75) is 25.9 Å². The molecule has 1 aromatic rings. The van der Waals surface area contributed by atoms with Crippen molar-refractivity contribution in [2.75, 3.05) is 38.8 Å². The van der Waals surface area contributed by atoms with Gasteiger partial charge < -0.3 is 19.7 Å². The fraction of sp³-hybridized carbons (Fsp3) is 0.600. The number of methoxy groups -OCH3 is 1. The lowest BCUT2D eigenvalue weighted by molar-refractivity contribution is 0.0988. The standard InChI is InChI=1S/C15H24N2O2/c1-11-10-19-9-8-17(11)13-6-5-7-14(18-4)15(13)12(2)16-3/h5-7,11-12,16H,8-10H2,1-4H3. The molecular formula is C15H24N2O2. The summed E-state index contributed by atoms with van der Waals surface area (Å²) >= 11 is 0. The molecule has 2 atom stereocenters. The van der Waals surface area contributed by atoms with E-state index >= 15 is 0 Å². The molecule has 2 rings (SSSR count). The van der Waals surface area contributed by atoms with Gasteiger partial charge in [-0.15, -0.1) is 0 Å². The van der Waals surface area contributed by atoms with Crippen molar-refractivity contribution in [3.63, 3.8) is 0 Å². The average Bonchev–Trinajstić information content (AvgIpc) is 2.46. The first-order valence-electron chi connectivity index (χ1n) is 6.87. The van der Waals surface area contributed by atoms with Gasteiger partial charge in [0.2, 0.25) is 0 Å². The molecule has 4 heteroatoms. The van der Waals surface area contributed by atoms with Gasteiger partial charge in [-0.25, -0.2) is 0 Å². The van der Waals surface area contributed by atoms with E-state index in [9.17, 15) is 0 Å². The quantitative estimate of drug-likeness (QED) is 0.904. The van der Waals surface area contributed by atoms with E-state index in [2.05, 4.69) is 36.2 Å². The molecule has 0 aromatic heterocycles. The second-order valence-corrected chi connectivity index (χ2v) is 5.02. The number of morpholine rings is 1. The van der Waals surface area contributed by atoms with Crippen molar-refractivity contribution in [1.82, 2.24) is 5.32 Å². The Kier molecular flexibility index (Phi) is 4.66. The van der Waals surface area contributed by atoms with Crippen LogP contribution in [0.2, 0.25) is 0 Å². The number of hydrogen-bond acceptors (Lipinski definition) is 4. The van der Waals surface area contributed by atoms with E-state index in [1.807, 2.05) is 13.1 Å². The third-order valence-electron chi connectivity index (χ3n) is 3.81. The number of nitrogens with zero attached hydrogens (tertiary/aromatic N) is 1. The van der Waals surface area contributed by atoms with Crippen LogP contribution >= 0.6 is 0 Å². The Balaban J connectivity index is 2.43. The van der Waals surface area contributed by atoms with E-state index in [-0.39, 0.29) is 6.04 Å². The number of ether oxygens (including phenoxy) is 2. The maximum Gasteiger partial charge on any atom is 0.125 e. The Labute approximate surface area is 115 Å². The van der Waals surface area contributed by atoms with E-state index in [1.165, 1.54) is 11.3 Å². The van der Waals surface area contributed by atoms with Gasteiger partial charge in [0.1, 0.15) is 5.75 Å². The predicted molar refractivity (Wildman–Crippen MR) is 78.1 cm³/mol. The SMILES string of the molecule is CNC(C)c1c(OC)cccc1N1CCOCC1C. The highest BCUT2D eigenvalue weighted by Gasteiger charge is 2.24. The van der Waals surface area contributed by atoms with E-state index in [1.54, 1.807) is 7.11 Å². The van der Waals surface area contributed by atoms with Crippen molar-refractivity contribution < 1.29 is 9.47 Å². The molecule has 0 spiro atoms. The van der Waals surface area contributed by atoms with Gasteiger partial charge in [-0.05, 0) is 33.0 Å². The summed E-state index contributed by atoms with van der Waals surface area (Å²) in [4.78, 5) is 2.41. The van der Waals surface area contributed by atoms with E-state index in [0.717, 1.165) is 25.5 Å². The van der Waals surface area contributed by atoms with Gasteiger partial charge >= 0.3 is 0 Å². The Morgan fingerprint density at radius 1 is 1.47 bits per heavy atom. The molecule has 1 aliphatic heterocycles. The van der Waals surface area contributed by atoms with Crippen LogP contribution in [0.1, 0.15) is 25.5 Å². The second kappa shape index (κ2) is 6.26. The fourth-order valence-corrected chi connectivity index (χ4v) is 2.63. The maximum atomic E-state index is 5.54. The van der Waals surface area contributed by atoms with Gasteiger partial charge in [-0.2, -0.15) is 0 Å². The molecule has 0 aliphatic carbocycles. The maximum absolute atomic E-state index is 5.54. The van der Waals surface area contributed by atoms with Crippen LogP contribution in [0.25, 0.3) is 0 Å². The van der Waals surface area contributed by atoms with Crippen molar-refractivity contribution in [2.24, 2.45) is 0 Å². The summed E-state index contributed by atoms with van der Waals surface area (Å²) in [6.45, 7) is 6.86. The van der Waals surface area contributed by atoms with Crippen molar-refractivity contribution >= 4 is 5.69 Å². The summed E-state index contributed by atoms with van der Waals surface area (Å²) in [5.41, 5.74) is 2.47. The van der Waals surface area contributed by atoms with Crippen LogP contribution in [-0.2, 0) is 4.74 Å². The minimum Gasteiger partial charge on any atom is -0.496 e. The summed E-state index contributed by atoms with van der Waals surface area (Å²) in [6.07, 6.45) is 0. The van der Waals surface area contributed by atoms with Crippen LogP contribution in [0, 0.1) is 0 Å². The Morgan fingerprint density at radius 2 is 2.26 bits per heavy atom. The topological polar surface area (TPSA) is 33.7 Å². The van der Waals surface area contributed by atoms with Gasteiger partial charge in [0.05, 0.1) is 20.3 Å². The molecule has 1 N–H and O–H groups in total. The van der Waals surface area contributed by atoms with Crippen LogP contribution in [0.4, 0.5) is 5.69 Å². The first-order chi connectivity index (χ1) is 9.19. The fourth-order valence-electron chi connectivity index (χ4n) is 2.63. The highest BCUT2D eigenvalue weighted by atomic mass is 16.5. The first-order valence-corrected chi connectivity index (χ1v) is 6.87. The molecule has 19 heavy (non-hydrogen) atoms. The molecule has 1 aromatic carbocycles. The van der Waals surface area contributed by atoms with Crippen molar-refractivity contribution in [1.29, 1.82) is 0 Å². The molecule has 0 amide bonds. The monoisotopic (exact) mass is 264 g/mol. The molecule has 1 heterocycles. The third-order valence-corrected chi connectivity index (χ3v) is 3.81. The Hall–Kier alpha value is -1.26. The highest BCUT2D eigenvalue weighted by molar-refractivity contribution is 5.61. The smallest absolute Gasteiger partial charge is 0.125 e.